The van der Waals surface area contributed by atoms with Crippen LogP contribution in [0.25, 0.3) is 0 Å². The normalized spacial score (nSPS) is 11.8. The first-order chi connectivity index (χ1) is 12.1. The van der Waals surface area contributed by atoms with Crippen LogP contribution >= 0.6 is 11.8 Å². The van der Waals surface area contributed by atoms with Gasteiger partial charge in [-0.1, -0.05) is 11.8 Å². The summed E-state index contributed by atoms with van der Waals surface area (Å²) in [5.74, 6) is -1.19. The van der Waals surface area contributed by atoms with Crippen molar-refractivity contribution in [2.45, 2.75) is 64.8 Å². The molecule has 1 aromatic heterocycles. The van der Waals surface area contributed by atoms with Crippen LogP contribution < -0.4 is 10.6 Å². The number of urea groups is 1. The van der Waals surface area contributed by atoms with Crippen molar-refractivity contribution in [1.82, 2.24) is 20.6 Å². The number of nitrogens with zero attached hydrogens (tertiary/aromatic N) is 2. The van der Waals surface area contributed by atoms with E-state index < -0.39 is 24.0 Å². The lowest BCUT2D eigenvalue weighted by Crippen LogP contribution is -2.46. The molecule has 0 aliphatic heterocycles. The molecular weight excluding hydrogens is 356 g/mol. The Hall–Kier alpha value is -2.16. The molecule has 0 saturated carbocycles. The topological polar surface area (TPSA) is 110 Å². The Kier molecular flexibility index (Phi) is 8.50. The number of ether oxygens (including phenoxy) is 1. The molecule has 0 radical (unpaired) electrons. The summed E-state index contributed by atoms with van der Waals surface area (Å²) in [4.78, 5) is 44.1. The number of nitrogens with one attached hydrogen (secondary N) is 2. The fourth-order valence-corrected chi connectivity index (χ4v) is 2.67. The highest BCUT2D eigenvalue weighted by Crippen LogP contribution is 2.17. The minimum Gasteiger partial charge on any atom is -0.453 e. The fourth-order valence-electron chi connectivity index (χ4n) is 2.21. The van der Waals surface area contributed by atoms with Gasteiger partial charge < -0.3 is 10.1 Å². The molecule has 8 nitrogen and oxygen atoms in total. The number of aromatic nitrogens is 2. The van der Waals surface area contributed by atoms with Crippen LogP contribution in [-0.2, 0) is 20.7 Å². The summed E-state index contributed by atoms with van der Waals surface area (Å²) < 4.78 is 5.09. The van der Waals surface area contributed by atoms with E-state index in [2.05, 4.69) is 20.6 Å². The van der Waals surface area contributed by atoms with Gasteiger partial charge in [-0.15, -0.1) is 0 Å². The number of amides is 3. The van der Waals surface area contributed by atoms with E-state index in [9.17, 15) is 14.4 Å². The van der Waals surface area contributed by atoms with Crippen LogP contribution in [0.5, 0.6) is 0 Å². The molecule has 144 valence electrons. The quantitative estimate of drug-likeness (QED) is 0.421. The molecule has 26 heavy (non-hydrogen) atoms. The Labute approximate surface area is 157 Å². The minimum atomic E-state index is -1.06. The minimum absolute atomic E-state index is 0.0967. The van der Waals surface area contributed by atoms with Crippen molar-refractivity contribution in [1.29, 1.82) is 0 Å². The summed E-state index contributed by atoms with van der Waals surface area (Å²) in [5.41, 5.74) is 2.55. The summed E-state index contributed by atoms with van der Waals surface area (Å²) in [5, 5.41) is 5.35. The maximum absolute atomic E-state index is 12.0. The molecule has 0 aliphatic rings. The molecule has 9 heteroatoms. The number of rotatable bonds is 7. The second kappa shape index (κ2) is 10.1. The smallest absolute Gasteiger partial charge is 0.321 e. The Morgan fingerprint density at radius 1 is 1.12 bits per heavy atom. The molecule has 0 saturated heterocycles. The van der Waals surface area contributed by atoms with E-state index in [0.717, 1.165) is 17.0 Å². The van der Waals surface area contributed by atoms with Crippen molar-refractivity contribution >= 4 is 29.7 Å². The van der Waals surface area contributed by atoms with Crippen LogP contribution in [0.2, 0.25) is 0 Å². The van der Waals surface area contributed by atoms with Gasteiger partial charge >= 0.3 is 12.0 Å². The van der Waals surface area contributed by atoms with E-state index in [4.69, 9.17) is 4.74 Å². The number of thioether (sulfide) groups is 1. The number of aryl methyl sites for hydroxylation is 2. The van der Waals surface area contributed by atoms with E-state index in [1.54, 1.807) is 13.8 Å². The summed E-state index contributed by atoms with van der Waals surface area (Å²) >= 11 is 1.46. The summed E-state index contributed by atoms with van der Waals surface area (Å²) in [6.45, 7) is 8.71. The molecule has 0 spiro atoms. The Balaban J connectivity index is 2.54. The third-order valence-corrected chi connectivity index (χ3v) is 4.04. The zero-order valence-electron chi connectivity index (χ0n) is 16.0. The van der Waals surface area contributed by atoms with E-state index in [-0.39, 0.29) is 12.5 Å². The van der Waals surface area contributed by atoms with E-state index in [0.29, 0.717) is 11.6 Å². The fraction of sp³-hybridized carbons (Fsp3) is 0.588. The number of imide groups is 1. The standard InChI is InChI=1S/C17H26N4O4S/c1-9(2)18-16(24)21-15(23)12(5)25-14(22)8-7-13-10(3)19-17(26-6)20-11(13)4/h9,12H,7-8H2,1-6H3,(H2,18,21,23,24)/t12-/m0/s1. The molecule has 0 fully saturated rings. The van der Waals surface area contributed by atoms with Gasteiger partial charge in [0.25, 0.3) is 5.91 Å². The van der Waals surface area contributed by atoms with E-state index in [1.807, 2.05) is 20.1 Å². The van der Waals surface area contributed by atoms with Crippen molar-refractivity contribution in [2.24, 2.45) is 0 Å². The Morgan fingerprint density at radius 3 is 2.19 bits per heavy atom. The number of hydrogen-bond donors (Lipinski definition) is 2. The molecule has 0 aliphatic carbocycles. The molecule has 2 N–H and O–H groups in total. The van der Waals surface area contributed by atoms with Crippen molar-refractivity contribution in [3.8, 4) is 0 Å². The van der Waals surface area contributed by atoms with Crippen LogP contribution in [0.1, 0.15) is 44.1 Å². The summed E-state index contributed by atoms with van der Waals surface area (Å²) in [7, 11) is 0. The lowest BCUT2D eigenvalue weighted by atomic mass is 10.1. The van der Waals surface area contributed by atoms with Crippen LogP contribution in [0.3, 0.4) is 0 Å². The van der Waals surface area contributed by atoms with Crippen molar-refractivity contribution in [3.63, 3.8) is 0 Å². The zero-order chi connectivity index (χ0) is 19.9. The van der Waals surface area contributed by atoms with Gasteiger partial charge in [0.05, 0.1) is 0 Å². The van der Waals surface area contributed by atoms with Gasteiger partial charge in [-0.3, -0.25) is 14.9 Å². The highest BCUT2D eigenvalue weighted by molar-refractivity contribution is 7.98. The summed E-state index contributed by atoms with van der Waals surface area (Å²) in [6.07, 6.45) is 1.36. The molecule has 1 atom stereocenters. The van der Waals surface area contributed by atoms with Crippen molar-refractivity contribution in [3.05, 3.63) is 17.0 Å². The second-order valence-electron chi connectivity index (χ2n) is 6.11. The van der Waals surface area contributed by atoms with Crippen LogP contribution in [0, 0.1) is 13.8 Å². The first-order valence-corrected chi connectivity index (χ1v) is 9.55. The third-order valence-electron chi connectivity index (χ3n) is 3.50. The summed E-state index contributed by atoms with van der Waals surface area (Å²) in [6, 6.07) is -0.725. The second-order valence-corrected chi connectivity index (χ2v) is 6.88. The Morgan fingerprint density at radius 2 is 1.69 bits per heavy atom. The predicted molar refractivity (Wildman–Crippen MR) is 99.0 cm³/mol. The molecule has 0 unspecified atom stereocenters. The van der Waals surface area contributed by atoms with Crippen LogP contribution in [0.4, 0.5) is 4.79 Å². The van der Waals surface area contributed by atoms with Gasteiger partial charge in [0.15, 0.2) is 11.3 Å². The lowest BCUT2D eigenvalue weighted by Gasteiger charge is -2.15. The largest absolute Gasteiger partial charge is 0.453 e. The number of esters is 1. The highest BCUT2D eigenvalue weighted by Gasteiger charge is 2.20. The highest BCUT2D eigenvalue weighted by atomic mass is 32.2. The van der Waals surface area contributed by atoms with Crippen molar-refractivity contribution in [2.75, 3.05) is 6.26 Å². The first kappa shape index (κ1) is 21.9. The molecule has 1 heterocycles. The molecule has 1 rings (SSSR count). The zero-order valence-corrected chi connectivity index (χ0v) is 16.8. The third kappa shape index (κ3) is 6.99. The van der Waals surface area contributed by atoms with Gasteiger partial charge in [0.1, 0.15) is 0 Å². The molecule has 0 bridgehead atoms. The first-order valence-electron chi connectivity index (χ1n) is 8.33. The Bertz CT molecular complexity index is 656. The van der Waals surface area contributed by atoms with Gasteiger partial charge in [-0.25, -0.2) is 14.8 Å². The maximum Gasteiger partial charge on any atom is 0.321 e. The van der Waals surface area contributed by atoms with E-state index in [1.165, 1.54) is 18.7 Å². The maximum atomic E-state index is 12.0. The van der Waals surface area contributed by atoms with E-state index >= 15 is 0 Å². The lowest BCUT2D eigenvalue weighted by molar-refractivity contribution is -0.154. The van der Waals surface area contributed by atoms with Crippen LogP contribution in [0.15, 0.2) is 5.16 Å². The average Bonchev–Trinajstić information content (AvgIpc) is 2.52. The average molecular weight is 382 g/mol. The molecular formula is C17H26N4O4S. The SMILES string of the molecule is CSc1nc(C)c(CCC(=O)O[C@@H](C)C(=O)NC(=O)NC(C)C)c(C)n1. The monoisotopic (exact) mass is 382 g/mol. The van der Waals surface area contributed by atoms with Crippen LogP contribution in [-0.4, -0.2) is 46.3 Å². The number of carbonyl (C=O) groups excluding carboxylic acids is 3. The van der Waals surface area contributed by atoms with Gasteiger partial charge in [-0.05, 0) is 52.9 Å². The van der Waals surface area contributed by atoms with Gasteiger partial charge in [-0.2, -0.15) is 0 Å². The van der Waals surface area contributed by atoms with Gasteiger partial charge in [0, 0.05) is 23.9 Å². The van der Waals surface area contributed by atoms with Gasteiger partial charge in [0.2, 0.25) is 0 Å². The van der Waals surface area contributed by atoms with Crippen molar-refractivity contribution < 1.29 is 19.1 Å². The number of carbonyl (C=O) groups is 3. The molecule has 0 aromatic carbocycles. The molecule has 3 amide bonds. The molecule has 1 aromatic rings. The number of hydrogen-bond acceptors (Lipinski definition) is 7. The predicted octanol–water partition coefficient (Wildman–Crippen LogP) is 1.91.